The lowest BCUT2D eigenvalue weighted by Crippen LogP contribution is -2.40. The molecule has 0 aliphatic rings. The number of alkyl halides is 2. The zero-order chi connectivity index (χ0) is 18.4. The highest BCUT2D eigenvalue weighted by Crippen LogP contribution is 2.22. The van der Waals surface area contributed by atoms with E-state index in [-0.39, 0.29) is 0 Å². The second kappa shape index (κ2) is 7.51. The van der Waals surface area contributed by atoms with Crippen LogP contribution < -0.4 is 0 Å². The lowest BCUT2D eigenvalue weighted by Gasteiger charge is -2.14. The second-order valence-electron chi connectivity index (χ2n) is 5.42. The number of hydrogen-bond acceptors (Lipinski definition) is 3. The van der Waals surface area contributed by atoms with Gasteiger partial charge >= 0.3 is 5.92 Å². The Balaban J connectivity index is 2.06. The van der Waals surface area contributed by atoms with Crippen molar-refractivity contribution in [1.82, 2.24) is 0 Å². The lowest BCUT2D eigenvalue weighted by molar-refractivity contribution is -0.155. The Bertz CT molecular complexity index is 796. The van der Waals surface area contributed by atoms with Gasteiger partial charge in [0.1, 0.15) is 0 Å². The molecule has 0 radical (unpaired) electrons. The molecule has 0 atom stereocenters. The molecule has 0 saturated heterocycles. The second-order valence-corrected chi connectivity index (χ2v) is 5.42. The molecular weight excluding hydrogens is 324 g/mol. The molecule has 0 aromatic heterocycles. The first kappa shape index (κ1) is 18.0. The van der Waals surface area contributed by atoms with Gasteiger partial charge in [0, 0.05) is 18.4 Å². The highest BCUT2D eigenvalue weighted by atomic mass is 19.3. The van der Waals surface area contributed by atoms with Gasteiger partial charge in [0.05, 0.1) is 11.6 Å². The number of rotatable bonds is 6. The van der Waals surface area contributed by atoms with Crippen molar-refractivity contribution in [2.75, 3.05) is 0 Å². The normalized spacial score (nSPS) is 10.6. The molecule has 0 bridgehead atoms. The fraction of sp³-hybridized carbons (Fsp3) is 0.150. The van der Waals surface area contributed by atoms with Crippen LogP contribution in [0, 0.1) is 23.7 Å². The van der Waals surface area contributed by atoms with Gasteiger partial charge < -0.3 is 0 Å². The van der Waals surface area contributed by atoms with E-state index in [1.54, 1.807) is 12.1 Å². The summed E-state index contributed by atoms with van der Waals surface area (Å²) in [6.45, 7) is 0. The summed E-state index contributed by atoms with van der Waals surface area (Å²) in [4.78, 5) is 23.7. The summed E-state index contributed by atoms with van der Waals surface area (Å²) in [6.07, 6.45) is 4.06. The van der Waals surface area contributed by atoms with Gasteiger partial charge in [-0.25, -0.2) is 0 Å². The van der Waals surface area contributed by atoms with E-state index in [9.17, 15) is 18.4 Å². The summed E-state index contributed by atoms with van der Waals surface area (Å²) in [5.74, 6) is -4.62. The number of nitriles is 1. The summed E-state index contributed by atoms with van der Waals surface area (Å²) in [5, 5.41) is 8.69. The maximum Gasteiger partial charge on any atom is 0.363 e. The van der Waals surface area contributed by atoms with Gasteiger partial charge in [-0.3, -0.25) is 9.59 Å². The van der Waals surface area contributed by atoms with Crippen LogP contribution >= 0.6 is 0 Å². The standard InChI is InChI=1S/C20H13F2NO2/c1-2-14-3-5-15(6-4-14)11-18(24)20(21,22)19(25)12-16-7-9-17(13-23)10-8-16/h1,3-10H,11-12H2. The number of Topliss-reactive ketones (excluding diaryl/α,β-unsaturated/α-hetero) is 2. The van der Waals surface area contributed by atoms with E-state index < -0.39 is 30.3 Å². The zero-order valence-electron chi connectivity index (χ0n) is 13.1. The van der Waals surface area contributed by atoms with Crippen molar-refractivity contribution in [2.45, 2.75) is 18.8 Å². The molecule has 2 aromatic carbocycles. The van der Waals surface area contributed by atoms with Crippen LogP contribution in [0.2, 0.25) is 0 Å². The molecule has 0 fully saturated rings. The minimum absolute atomic E-state index is 0.315. The predicted octanol–water partition coefficient (Wildman–Crippen LogP) is 3.10. The maximum absolute atomic E-state index is 14.1. The molecule has 124 valence electrons. The smallest absolute Gasteiger partial charge is 0.292 e. The van der Waals surface area contributed by atoms with Crippen molar-refractivity contribution in [2.24, 2.45) is 0 Å². The van der Waals surface area contributed by atoms with Crippen LogP contribution in [-0.2, 0) is 22.4 Å². The minimum atomic E-state index is -4.07. The summed E-state index contributed by atoms with van der Waals surface area (Å²) in [5.41, 5.74) is 1.60. The van der Waals surface area contributed by atoms with Gasteiger partial charge in [-0.2, -0.15) is 14.0 Å². The molecule has 2 aromatic rings. The average molecular weight is 337 g/mol. The van der Waals surface area contributed by atoms with Crippen LogP contribution in [0.3, 0.4) is 0 Å². The first-order valence-electron chi connectivity index (χ1n) is 7.36. The molecule has 0 heterocycles. The molecule has 0 aliphatic heterocycles. The van der Waals surface area contributed by atoms with Crippen molar-refractivity contribution in [3.05, 3.63) is 70.8 Å². The number of ketones is 2. The summed E-state index contributed by atoms with van der Waals surface area (Å²) in [6, 6.07) is 13.6. The van der Waals surface area contributed by atoms with Crippen molar-refractivity contribution in [1.29, 1.82) is 5.26 Å². The van der Waals surface area contributed by atoms with E-state index in [4.69, 9.17) is 11.7 Å². The number of carbonyl (C=O) groups excluding carboxylic acids is 2. The van der Waals surface area contributed by atoms with Crippen molar-refractivity contribution < 1.29 is 18.4 Å². The Morgan fingerprint density at radius 1 is 0.880 bits per heavy atom. The highest BCUT2D eigenvalue weighted by molar-refractivity contribution is 6.09. The molecule has 0 spiro atoms. The Hall–Kier alpha value is -3.31. The monoisotopic (exact) mass is 337 g/mol. The van der Waals surface area contributed by atoms with Gasteiger partial charge in [0.15, 0.2) is 0 Å². The van der Waals surface area contributed by atoms with Gasteiger partial charge in [0.2, 0.25) is 11.6 Å². The molecule has 25 heavy (non-hydrogen) atoms. The molecular formula is C20H13F2NO2. The topological polar surface area (TPSA) is 57.9 Å². The van der Waals surface area contributed by atoms with E-state index in [1.165, 1.54) is 36.4 Å². The fourth-order valence-corrected chi connectivity index (χ4v) is 2.16. The summed E-state index contributed by atoms with van der Waals surface area (Å²) >= 11 is 0. The molecule has 0 unspecified atom stereocenters. The molecule has 0 amide bonds. The number of terminal acetylenes is 1. The number of nitrogens with zero attached hydrogens (tertiary/aromatic N) is 1. The third-order valence-corrected chi connectivity index (χ3v) is 3.63. The van der Waals surface area contributed by atoms with Crippen molar-refractivity contribution >= 4 is 11.6 Å². The fourth-order valence-electron chi connectivity index (χ4n) is 2.16. The molecule has 0 N–H and O–H groups in total. The molecule has 2 rings (SSSR count). The number of hydrogen-bond donors (Lipinski definition) is 0. The lowest BCUT2D eigenvalue weighted by atomic mass is 9.97. The Morgan fingerprint density at radius 3 is 1.64 bits per heavy atom. The van der Waals surface area contributed by atoms with E-state index in [2.05, 4.69) is 5.92 Å². The third-order valence-electron chi connectivity index (χ3n) is 3.63. The summed E-state index contributed by atoms with van der Waals surface area (Å²) < 4.78 is 28.2. The van der Waals surface area contributed by atoms with Crippen LogP contribution in [0.25, 0.3) is 0 Å². The van der Waals surface area contributed by atoms with Crippen molar-refractivity contribution in [3.8, 4) is 18.4 Å². The molecule has 0 aliphatic carbocycles. The molecule has 5 heteroatoms. The quantitative estimate of drug-likeness (QED) is 0.601. The largest absolute Gasteiger partial charge is 0.363 e. The van der Waals surface area contributed by atoms with Crippen LogP contribution in [0.5, 0.6) is 0 Å². The SMILES string of the molecule is C#Cc1ccc(CC(=O)C(F)(F)C(=O)Cc2ccc(C#N)cc2)cc1. The van der Waals surface area contributed by atoms with E-state index in [0.29, 0.717) is 22.3 Å². The van der Waals surface area contributed by atoms with Crippen molar-refractivity contribution in [3.63, 3.8) is 0 Å². The van der Waals surface area contributed by atoms with E-state index >= 15 is 0 Å². The highest BCUT2D eigenvalue weighted by Gasteiger charge is 2.45. The molecule has 0 saturated carbocycles. The number of halogens is 2. The first-order valence-corrected chi connectivity index (χ1v) is 7.36. The molecule has 3 nitrogen and oxygen atoms in total. The van der Waals surface area contributed by atoms with E-state index in [1.807, 2.05) is 6.07 Å². The zero-order valence-corrected chi connectivity index (χ0v) is 13.1. The third kappa shape index (κ3) is 4.37. The van der Waals surface area contributed by atoms with Gasteiger partial charge in [-0.15, -0.1) is 6.42 Å². The maximum atomic E-state index is 14.1. The van der Waals surface area contributed by atoms with Gasteiger partial charge in [0.25, 0.3) is 0 Å². The predicted molar refractivity (Wildman–Crippen MR) is 87.9 cm³/mol. The van der Waals surface area contributed by atoms with Gasteiger partial charge in [-0.1, -0.05) is 30.2 Å². The number of benzene rings is 2. The van der Waals surface area contributed by atoms with Crippen LogP contribution in [-0.4, -0.2) is 17.5 Å². The van der Waals surface area contributed by atoms with Crippen LogP contribution in [0.1, 0.15) is 22.3 Å². The van der Waals surface area contributed by atoms with Crippen LogP contribution in [0.15, 0.2) is 48.5 Å². The minimum Gasteiger partial charge on any atom is -0.292 e. The summed E-state index contributed by atoms with van der Waals surface area (Å²) in [7, 11) is 0. The Labute approximate surface area is 143 Å². The van der Waals surface area contributed by atoms with E-state index in [0.717, 1.165) is 0 Å². The Kier molecular flexibility index (Phi) is 5.41. The first-order chi connectivity index (χ1) is 11.9. The van der Waals surface area contributed by atoms with Crippen LogP contribution in [0.4, 0.5) is 8.78 Å². The van der Waals surface area contributed by atoms with Gasteiger partial charge in [-0.05, 0) is 35.4 Å². The average Bonchev–Trinajstić information content (AvgIpc) is 2.62. The Morgan fingerprint density at radius 2 is 1.28 bits per heavy atom. The number of carbonyl (C=O) groups is 2.